The normalized spacial score (nSPS) is 14.9. The molecule has 0 aromatic heterocycles. The van der Waals surface area contributed by atoms with E-state index in [0.717, 1.165) is 16.7 Å². The van der Waals surface area contributed by atoms with Crippen LogP contribution in [0, 0.1) is 0 Å². The van der Waals surface area contributed by atoms with Crippen molar-refractivity contribution in [1.29, 1.82) is 0 Å². The molecule has 3 aromatic rings. The van der Waals surface area contributed by atoms with E-state index in [2.05, 4.69) is 10.6 Å². The van der Waals surface area contributed by atoms with Gasteiger partial charge in [-0.15, -0.1) is 0 Å². The fourth-order valence-electron chi connectivity index (χ4n) is 3.72. The summed E-state index contributed by atoms with van der Waals surface area (Å²) >= 11 is 0. The minimum atomic E-state index is -1.34. The van der Waals surface area contributed by atoms with Crippen molar-refractivity contribution >= 4 is 23.9 Å². The molecule has 9 nitrogen and oxygen atoms in total. The van der Waals surface area contributed by atoms with Crippen LogP contribution >= 0.6 is 0 Å². The molecule has 2 amide bonds. The van der Waals surface area contributed by atoms with E-state index in [1.165, 1.54) is 0 Å². The summed E-state index contributed by atoms with van der Waals surface area (Å²) in [7, 11) is 0. The number of para-hydroxylation sites is 1. The Morgan fingerprint density at radius 3 is 2.11 bits per heavy atom. The first-order valence-corrected chi connectivity index (χ1v) is 11.7. The Hall–Kier alpha value is -4.66. The topological polar surface area (TPSA) is 120 Å². The minimum Gasteiger partial charge on any atom is -0.461 e. The van der Waals surface area contributed by atoms with Crippen molar-refractivity contribution in [2.45, 2.75) is 38.1 Å². The van der Waals surface area contributed by atoms with Crippen LogP contribution in [0.4, 0.5) is 4.79 Å². The van der Waals surface area contributed by atoms with Gasteiger partial charge < -0.3 is 24.8 Å². The van der Waals surface area contributed by atoms with E-state index < -0.39 is 42.4 Å². The van der Waals surface area contributed by atoms with Crippen LogP contribution in [-0.2, 0) is 43.5 Å². The predicted octanol–water partition coefficient (Wildman–Crippen LogP) is 3.06. The fourth-order valence-corrected chi connectivity index (χ4v) is 3.72. The molecule has 1 heterocycles. The lowest BCUT2D eigenvalue weighted by Gasteiger charge is -2.26. The molecule has 190 valence electrons. The van der Waals surface area contributed by atoms with Crippen LogP contribution in [-0.4, -0.2) is 36.0 Å². The number of nitrogens with one attached hydrogen (secondary N) is 2. The van der Waals surface area contributed by atoms with E-state index in [9.17, 15) is 19.2 Å². The smallest absolute Gasteiger partial charge is 0.408 e. The molecule has 3 aromatic carbocycles. The quantitative estimate of drug-likeness (QED) is 0.341. The molecule has 4 rings (SSSR count). The SMILES string of the molecule is O=C(C[C@H](NC(=O)OCc1ccccc1)C(=O)NC1Cc2ccccc2OC1=O)OCc1ccccc1. The largest absolute Gasteiger partial charge is 0.461 e. The zero-order valence-electron chi connectivity index (χ0n) is 19.9. The van der Waals surface area contributed by atoms with Gasteiger partial charge in [-0.25, -0.2) is 9.59 Å². The molecule has 37 heavy (non-hydrogen) atoms. The average molecular weight is 503 g/mol. The number of ether oxygens (including phenoxy) is 3. The van der Waals surface area contributed by atoms with Crippen molar-refractivity contribution in [1.82, 2.24) is 10.6 Å². The molecule has 1 unspecified atom stereocenters. The maximum Gasteiger partial charge on any atom is 0.408 e. The number of hydrogen-bond donors (Lipinski definition) is 2. The van der Waals surface area contributed by atoms with Crippen molar-refractivity contribution in [3.8, 4) is 5.75 Å². The fraction of sp³-hybridized carbons (Fsp3) is 0.214. The maximum absolute atomic E-state index is 13.1. The summed E-state index contributed by atoms with van der Waals surface area (Å²) in [6.45, 7) is -0.0105. The van der Waals surface area contributed by atoms with Crippen molar-refractivity contribution in [2.75, 3.05) is 0 Å². The summed E-state index contributed by atoms with van der Waals surface area (Å²) in [5.74, 6) is -1.65. The van der Waals surface area contributed by atoms with E-state index in [0.29, 0.717) is 5.75 Å². The number of benzene rings is 3. The van der Waals surface area contributed by atoms with Gasteiger partial charge in [-0.3, -0.25) is 9.59 Å². The van der Waals surface area contributed by atoms with Gasteiger partial charge in [0.25, 0.3) is 0 Å². The van der Waals surface area contributed by atoms with Gasteiger partial charge in [-0.1, -0.05) is 78.9 Å². The van der Waals surface area contributed by atoms with Gasteiger partial charge in [0.05, 0.1) is 6.42 Å². The number of esters is 2. The van der Waals surface area contributed by atoms with Crippen molar-refractivity contribution in [3.63, 3.8) is 0 Å². The number of amides is 2. The van der Waals surface area contributed by atoms with Gasteiger partial charge in [-0.2, -0.15) is 0 Å². The second-order valence-corrected chi connectivity index (χ2v) is 8.40. The van der Waals surface area contributed by atoms with Gasteiger partial charge >= 0.3 is 18.0 Å². The predicted molar refractivity (Wildman–Crippen MR) is 132 cm³/mol. The lowest BCUT2D eigenvalue weighted by Crippen LogP contribution is -2.54. The van der Waals surface area contributed by atoms with E-state index in [1.807, 2.05) is 24.3 Å². The maximum atomic E-state index is 13.1. The van der Waals surface area contributed by atoms with E-state index in [-0.39, 0.29) is 19.6 Å². The highest BCUT2D eigenvalue weighted by molar-refractivity contribution is 5.93. The first kappa shape index (κ1) is 25.4. The molecule has 0 fully saturated rings. The molecule has 1 aliphatic rings. The standard InChI is InChI=1S/C28H26N2O7/c31-25(35-17-19-9-3-1-4-10-19)16-22(30-28(34)36-18-20-11-5-2-6-12-20)26(32)29-23-15-21-13-7-8-14-24(21)37-27(23)33/h1-14,22-23H,15-18H2,(H,29,32)(H,30,34)/t22-,23?/m0/s1. The van der Waals surface area contributed by atoms with E-state index >= 15 is 0 Å². The Labute approximate surface area is 213 Å². The Balaban J connectivity index is 1.39. The number of carbonyl (C=O) groups excluding carboxylic acids is 4. The highest BCUT2D eigenvalue weighted by Crippen LogP contribution is 2.24. The second-order valence-electron chi connectivity index (χ2n) is 8.40. The van der Waals surface area contributed by atoms with Gasteiger partial charge in [0.15, 0.2) is 0 Å². The van der Waals surface area contributed by atoms with Crippen molar-refractivity contribution in [2.24, 2.45) is 0 Å². The van der Waals surface area contributed by atoms with Crippen LogP contribution in [0.25, 0.3) is 0 Å². The average Bonchev–Trinajstić information content (AvgIpc) is 2.92. The van der Waals surface area contributed by atoms with Crippen LogP contribution in [0.1, 0.15) is 23.1 Å². The first-order valence-electron chi connectivity index (χ1n) is 11.7. The molecule has 0 aliphatic carbocycles. The minimum absolute atomic E-state index is 0.0121. The van der Waals surface area contributed by atoms with Crippen LogP contribution in [0.5, 0.6) is 5.75 Å². The lowest BCUT2D eigenvalue weighted by atomic mass is 10.0. The molecule has 2 atom stereocenters. The summed E-state index contributed by atoms with van der Waals surface area (Å²) < 4.78 is 15.8. The third kappa shape index (κ3) is 7.41. The molecule has 1 aliphatic heterocycles. The third-order valence-corrected chi connectivity index (χ3v) is 5.64. The summed E-state index contributed by atoms with van der Waals surface area (Å²) in [5.41, 5.74) is 2.28. The molecular weight excluding hydrogens is 476 g/mol. The molecule has 0 bridgehead atoms. The van der Waals surface area contributed by atoms with E-state index in [1.54, 1.807) is 60.7 Å². The highest BCUT2D eigenvalue weighted by atomic mass is 16.6. The molecule has 0 radical (unpaired) electrons. The summed E-state index contributed by atoms with van der Waals surface area (Å²) in [4.78, 5) is 50.5. The Morgan fingerprint density at radius 1 is 0.838 bits per heavy atom. The van der Waals surface area contributed by atoms with Crippen LogP contribution in [0.2, 0.25) is 0 Å². The molecule has 0 spiro atoms. The number of fused-ring (bicyclic) bond motifs is 1. The second kappa shape index (κ2) is 12.3. The van der Waals surface area contributed by atoms with Crippen LogP contribution in [0.3, 0.4) is 0 Å². The zero-order chi connectivity index (χ0) is 26.0. The Morgan fingerprint density at radius 2 is 1.43 bits per heavy atom. The Kier molecular flexibility index (Phi) is 8.49. The summed E-state index contributed by atoms with van der Waals surface area (Å²) in [6.07, 6.45) is -1.14. The highest BCUT2D eigenvalue weighted by Gasteiger charge is 2.33. The van der Waals surface area contributed by atoms with Gasteiger partial charge in [0.2, 0.25) is 5.91 Å². The molecule has 9 heteroatoms. The zero-order valence-corrected chi connectivity index (χ0v) is 19.9. The third-order valence-electron chi connectivity index (χ3n) is 5.64. The van der Waals surface area contributed by atoms with Crippen molar-refractivity contribution in [3.05, 3.63) is 102 Å². The number of hydrogen-bond acceptors (Lipinski definition) is 7. The number of rotatable bonds is 9. The van der Waals surface area contributed by atoms with Crippen molar-refractivity contribution < 1.29 is 33.4 Å². The lowest BCUT2D eigenvalue weighted by molar-refractivity contribution is -0.147. The van der Waals surface area contributed by atoms with Gasteiger partial charge in [0, 0.05) is 6.42 Å². The van der Waals surface area contributed by atoms with Gasteiger partial charge in [0.1, 0.15) is 31.0 Å². The molecule has 2 N–H and O–H groups in total. The molecule has 0 saturated carbocycles. The Bertz CT molecular complexity index is 1190. The van der Waals surface area contributed by atoms with E-state index in [4.69, 9.17) is 14.2 Å². The van der Waals surface area contributed by atoms with Crippen LogP contribution < -0.4 is 15.4 Å². The number of carbonyl (C=O) groups is 4. The summed E-state index contributed by atoms with van der Waals surface area (Å²) in [5, 5.41) is 4.99. The molecule has 0 saturated heterocycles. The summed E-state index contributed by atoms with van der Waals surface area (Å²) in [6, 6.07) is 22.7. The monoisotopic (exact) mass is 502 g/mol. The number of alkyl carbamates (subject to hydrolysis) is 1. The first-order chi connectivity index (χ1) is 18.0. The van der Waals surface area contributed by atoms with Crippen LogP contribution in [0.15, 0.2) is 84.9 Å². The molecular formula is C28H26N2O7. The van der Waals surface area contributed by atoms with Gasteiger partial charge in [-0.05, 0) is 22.8 Å².